The number of fused-ring (bicyclic) bond motifs is 1. The van der Waals surface area contributed by atoms with Crippen LogP contribution in [0.1, 0.15) is 29.9 Å². The lowest BCUT2D eigenvalue weighted by molar-refractivity contribution is -0.274. The summed E-state index contributed by atoms with van der Waals surface area (Å²) in [5, 5.41) is 9.16. The number of aromatic nitrogens is 6. The summed E-state index contributed by atoms with van der Waals surface area (Å²) in [5.74, 6) is 0.381. The zero-order valence-electron chi connectivity index (χ0n) is 22.0. The molecule has 0 aliphatic carbocycles. The Hall–Kier alpha value is -4.86. The molecule has 0 N–H and O–H groups in total. The first kappa shape index (κ1) is 25.4. The molecule has 0 radical (unpaired) electrons. The smallest absolute Gasteiger partial charge is 0.406 e. The van der Waals surface area contributed by atoms with Crippen LogP contribution in [0.3, 0.4) is 0 Å². The number of alkyl halides is 3. The Labute approximate surface area is 228 Å². The van der Waals surface area contributed by atoms with Crippen molar-refractivity contribution in [1.29, 1.82) is 0 Å². The number of hydrogen-bond donors (Lipinski definition) is 0. The van der Waals surface area contributed by atoms with Crippen LogP contribution in [0.2, 0.25) is 0 Å². The minimum Gasteiger partial charge on any atom is -0.406 e. The molecule has 0 spiro atoms. The van der Waals surface area contributed by atoms with Crippen molar-refractivity contribution in [3.05, 3.63) is 108 Å². The lowest BCUT2D eigenvalue weighted by Gasteiger charge is -2.14. The summed E-state index contributed by atoms with van der Waals surface area (Å²) in [6.07, 6.45) is 0.905. The third kappa shape index (κ3) is 4.95. The Morgan fingerprint density at radius 1 is 0.825 bits per heavy atom. The molecule has 0 amide bonds. The molecule has 40 heavy (non-hydrogen) atoms. The molecule has 10 heteroatoms. The van der Waals surface area contributed by atoms with Crippen LogP contribution in [0.4, 0.5) is 13.2 Å². The lowest BCUT2D eigenvalue weighted by Crippen LogP contribution is -2.17. The Morgan fingerprint density at radius 2 is 1.50 bits per heavy atom. The van der Waals surface area contributed by atoms with Gasteiger partial charge < -0.3 is 4.74 Å². The van der Waals surface area contributed by atoms with Gasteiger partial charge >= 0.3 is 6.36 Å². The van der Waals surface area contributed by atoms with E-state index in [-0.39, 0.29) is 11.8 Å². The Bertz CT molecular complexity index is 1790. The van der Waals surface area contributed by atoms with Gasteiger partial charge in [-0.1, -0.05) is 30.3 Å². The first-order chi connectivity index (χ1) is 19.1. The summed E-state index contributed by atoms with van der Waals surface area (Å²) < 4.78 is 47.0. The Balaban J connectivity index is 1.24. The van der Waals surface area contributed by atoms with Gasteiger partial charge in [-0.3, -0.25) is 9.25 Å². The highest BCUT2D eigenvalue weighted by Crippen LogP contribution is 2.29. The molecular formula is C30H25F3N6O. The molecule has 6 rings (SSSR count). The number of pyridine rings is 1. The van der Waals surface area contributed by atoms with E-state index in [4.69, 9.17) is 4.98 Å². The van der Waals surface area contributed by atoms with E-state index in [1.165, 1.54) is 12.1 Å². The average molecular weight is 543 g/mol. The van der Waals surface area contributed by atoms with Crippen molar-refractivity contribution in [2.45, 2.75) is 33.2 Å². The van der Waals surface area contributed by atoms with Gasteiger partial charge in [0.1, 0.15) is 5.75 Å². The highest BCUT2D eigenvalue weighted by molar-refractivity contribution is 5.74. The van der Waals surface area contributed by atoms with Crippen molar-refractivity contribution in [3.63, 3.8) is 0 Å². The summed E-state index contributed by atoms with van der Waals surface area (Å²) >= 11 is 0. The van der Waals surface area contributed by atoms with E-state index in [1.54, 1.807) is 27.5 Å². The molecule has 0 aliphatic rings. The predicted molar refractivity (Wildman–Crippen MR) is 145 cm³/mol. The summed E-state index contributed by atoms with van der Waals surface area (Å²) in [7, 11) is 0. The number of benzene rings is 2. The molecule has 1 atom stereocenters. The second kappa shape index (κ2) is 9.71. The largest absolute Gasteiger partial charge is 0.573 e. The van der Waals surface area contributed by atoms with Crippen molar-refractivity contribution in [2.75, 3.05) is 0 Å². The van der Waals surface area contributed by atoms with E-state index in [1.807, 2.05) is 80.2 Å². The molecule has 0 saturated carbocycles. The van der Waals surface area contributed by atoms with Crippen LogP contribution in [0.5, 0.6) is 5.75 Å². The minimum atomic E-state index is -4.72. The van der Waals surface area contributed by atoms with E-state index in [0.29, 0.717) is 5.95 Å². The highest BCUT2D eigenvalue weighted by Gasteiger charge is 2.31. The maximum atomic E-state index is 12.5. The van der Waals surface area contributed by atoms with Crippen molar-refractivity contribution in [3.8, 4) is 34.0 Å². The molecule has 6 aromatic rings. The van der Waals surface area contributed by atoms with Crippen molar-refractivity contribution in [2.24, 2.45) is 0 Å². The number of rotatable bonds is 6. The fraction of sp³-hybridized carbons (Fsp3) is 0.167. The second-order valence-electron chi connectivity index (χ2n) is 9.66. The summed E-state index contributed by atoms with van der Waals surface area (Å²) in [4.78, 5) is 4.76. The van der Waals surface area contributed by atoms with Crippen LogP contribution in [-0.4, -0.2) is 35.3 Å². The van der Waals surface area contributed by atoms with E-state index in [9.17, 15) is 13.2 Å². The Morgan fingerprint density at radius 3 is 2.20 bits per heavy atom. The predicted octanol–water partition coefficient (Wildman–Crippen LogP) is 7.18. The number of hydrogen-bond acceptors (Lipinski definition) is 4. The van der Waals surface area contributed by atoms with Gasteiger partial charge in [0.25, 0.3) is 5.95 Å². The fourth-order valence-electron chi connectivity index (χ4n) is 4.81. The number of aryl methyl sites for hydroxylation is 2. The zero-order valence-corrected chi connectivity index (χ0v) is 22.0. The van der Waals surface area contributed by atoms with E-state index < -0.39 is 6.36 Å². The Kier molecular flexibility index (Phi) is 6.17. The molecule has 0 aliphatic heterocycles. The topological polar surface area (TPSA) is 62.2 Å². The van der Waals surface area contributed by atoms with Gasteiger partial charge in [0.2, 0.25) is 0 Å². The van der Waals surface area contributed by atoms with Crippen LogP contribution >= 0.6 is 0 Å². The highest BCUT2D eigenvalue weighted by atomic mass is 19.4. The lowest BCUT2D eigenvalue weighted by atomic mass is 10.0. The molecule has 202 valence electrons. The van der Waals surface area contributed by atoms with Crippen LogP contribution in [-0.2, 0) is 0 Å². The summed E-state index contributed by atoms with van der Waals surface area (Å²) in [6, 6.07) is 21.9. The number of ether oxygens (including phenoxy) is 1. The molecule has 0 saturated heterocycles. The van der Waals surface area contributed by atoms with Crippen molar-refractivity contribution in [1.82, 2.24) is 28.9 Å². The molecule has 1 unspecified atom stereocenters. The fourth-order valence-corrected chi connectivity index (χ4v) is 4.81. The molecule has 0 bridgehead atoms. The van der Waals surface area contributed by atoms with Gasteiger partial charge in [-0.15, -0.1) is 18.3 Å². The third-order valence-corrected chi connectivity index (χ3v) is 6.92. The molecular weight excluding hydrogens is 517 g/mol. The van der Waals surface area contributed by atoms with E-state index in [2.05, 4.69) is 21.0 Å². The maximum Gasteiger partial charge on any atom is 0.573 e. The third-order valence-electron chi connectivity index (χ3n) is 6.92. The number of nitrogens with zero attached hydrogens (tertiary/aromatic N) is 6. The van der Waals surface area contributed by atoms with Gasteiger partial charge in [-0.05, 0) is 85.5 Å². The molecule has 2 aromatic carbocycles. The van der Waals surface area contributed by atoms with Crippen molar-refractivity contribution < 1.29 is 17.9 Å². The molecule has 4 heterocycles. The molecule has 7 nitrogen and oxygen atoms in total. The molecule has 0 fully saturated rings. The zero-order chi connectivity index (χ0) is 28.0. The normalized spacial score (nSPS) is 12.7. The second-order valence-corrected chi connectivity index (χ2v) is 9.66. The van der Waals surface area contributed by atoms with Gasteiger partial charge in [0, 0.05) is 29.3 Å². The van der Waals surface area contributed by atoms with E-state index >= 15 is 0 Å². The summed E-state index contributed by atoms with van der Waals surface area (Å²) in [6.45, 7) is 6.00. The monoisotopic (exact) mass is 542 g/mol. The SMILES string of the molecule is Cc1ccc(C)n1-c1nc2cc(-c3cccc(-c4cnn(C(C)c5ccc(OC(F)(F)F)cc5)c4)c3)ccn2n1. The van der Waals surface area contributed by atoms with Gasteiger partial charge in [0.15, 0.2) is 5.65 Å². The van der Waals surface area contributed by atoms with Gasteiger partial charge in [-0.25, -0.2) is 4.52 Å². The van der Waals surface area contributed by atoms with Gasteiger partial charge in [0.05, 0.1) is 12.2 Å². The standard InChI is InChI=1S/C30H25F3N6O/c1-19-7-8-20(2)39(19)29-35-28-16-25(13-14-37(28)36-29)23-5-4-6-24(15-23)26-17-34-38(18-26)21(3)22-9-11-27(12-10-22)40-30(31,32)33/h4-18,21H,1-3H3. The first-order valence-corrected chi connectivity index (χ1v) is 12.7. The van der Waals surface area contributed by atoms with Crippen molar-refractivity contribution >= 4 is 5.65 Å². The van der Waals surface area contributed by atoms with Crippen LogP contribution in [0.25, 0.3) is 33.8 Å². The average Bonchev–Trinajstić information content (AvgIpc) is 3.66. The van der Waals surface area contributed by atoms with E-state index in [0.717, 1.165) is 44.9 Å². The number of halogens is 3. The van der Waals surface area contributed by atoms with Gasteiger partial charge in [-0.2, -0.15) is 10.1 Å². The summed E-state index contributed by atoms with van der Waals surface area (Å²) in [5.41, 5.74) is 7.66. The minimum absolute atomic E-state index is 0.186. The first-order valence-electron chi connectivity index (χ1n) is 12.7. The maximum absolute atomic E-state index is 12.5. The van der Waals surface area contributed by atoms with Crippen LogP contribution < -0.4 is 4.74 Å². The quantitative estimate of drug-likeness (QED) is 0.224. The van der Waals surface area contributed by atoms with Crippen LogP contribution in [0.15, 0.2) is 91.4 Å². The van der Waals surface area contributed by atoms with Crippen LogP contribution in [0, 0.1) is 13.8 Å². The molecule has 4 aromatic heterocycles.